The second kappa shape index (κ2) is 8.08. The van der Waals surface area contributed by atoms with Crippen LogP contribution in [0, 0.1) is 0 Å². The van der Waals surface area contributed by atoms with Crippen LogP contribution in [-0.4, -0.2) is 26.8 Å². The number of halogens is 3. The van der Waals surface area contributed by atoms with E-state index >= 15 is 0 Å². The fourth-order valence-electron chi connectivity index (χ4n) is 2.65. The van der Waals surface area contributed by atoms with E-state index in [0.29, 0.717) is 5.69 Å². The van der Waals surface area contributed by atoms with Gasteiger partial charge in [0.2, 0.25) is 5.91 Å². The molecule has 3 rings (SSSR count). The van der Waals surface area contributed by atoms with Crippen LogP contribution in [0.3, 0.4) is 0 Å². The van der Waals surface area contributed by atoms with E-state index in [-0.39, 0.29) is 5.56 Å². The van der Waals surface area contributed by atoms with Gasteiger partial charge in [0.1, 0.15) is 0 Å². The van der Waals surface area contributed by atoms with E-state index in [1.54, 1.807) is 29.3 Å². The van der Waals surface area contributed by atoms with E-state index in [1.165, 1.54) is 30.3 Å². The van der Waals surface area contributed by atoms with Crippen LogP contribution in [0.5, 0.6) is 0 Å². The quantitative estimate of drug-likeness (QED) is 0.668. The molecule has 0 saturated carbocycles. The molecular formula is C20H17F3N4O. The number of pyridine rings is 1. The molecule has 0 bridgehead atoms. The molecule has 5 nitrogen and oxygen atoms in total. The molecule has 0 atom stereocenters. The number of anilines is 1. The van der Waals surface area contributed by atoms with Crippen LogP contribution < -0.4 is 5.32 Å². The number of amides is 1. The summed E-state index contributed by atoms with van der Waals surface area (Å²) in [6.07, 6.45) is 4.58. The molecule has 0 aliphatic rings. The summed E-state index contributed by atoms with van der Waals surface area (Å²) >= 11 is 0. The molecule has 1 amide bonds. The predicted molar refractivity (Wildman–Crippen MR) is 100 cm³/mol. The number of alkyl halides is 3. The lowest BCUT2D eigenvalue weighted by Gasteiger charge is -2.07. The minimum Gasteiger partial charge on any atom is -0.323 e. The van der Waals surface area contributed by atoms with Gasteiger partial charge >= 0.3 is 6.18 Å². The zero-order valence-corrected chi connectivity index (χ0v) is 14.9. The molecule has 0 spiro atoms. The van der Waals surface area contributed by atoms with Crippen LogP contribution in [0.15, 0.2) is 61.2 Å². The van der Waals surface area contributed by atoms with Crippen molar-refractivity contribution in [3.05, 3.63) is 72.3 Å². The third-order valence-corrected chi connectivity index (χ3v) is 3.91. The number of nitrogens with zero attached hydrogens (tertiary/aromatic N) is 3. The van der Waals surface area contributed by atoms with Gasteiger partial charge in [-0.15, -0.1) is 0 Å². The Morgan fingerprint density at radius 1 is 1.18 bits per heavy atom. The first-order valence-corrected chi connectivity index (χ1v) is 8.38. The minimum atomic E-state index is -4.26. The van der Waals surface area contributed by atoms with Crippen molar-refractivity contribution < 1.29 is 18.0 Å². The molecule has 2 aromatic heterocycles. The monoisotopic (exact) mass is 386 g/mol. The fraction of sp³-hybridized carbons (Fsp3) is 0.150. The lowest BCUT2D eigenvalue weighted by Crippen LogP contribution is -2.12. The van der Waals surface area contributed by atoms with Crippen molar-refractivity contribution in [2.24, 2.45) is 7.05 Å². The standard InChI is InChI=1S/C20H17F3N4O/c1-27-13-16(12-25-27)18-8-9-24-11-15(18)4-7-19(28)26-17-5-2-14(3-6-17)10-20(21,22)23/h2-9,11-13H,10H2,1H3,(H,26,28)/b7-4+. The number of carbonyl (C=O) groups is 1. The zero-order valence-electron chi connectivity index (χ0n) is 14.9. The van der Waals surface area contributed by atoms with Gasteiger partial charge in [-0.2, -0.15) is 18.3 Å². The summed E-state index contributed by atoms with van der Waals surface area (Å²) in [7, 11) is 1.81. The molecule has 1 aromatic carbocycles. The maximum absolute atomic E-state index is 12.4. The summed E-state index contributed by atoms with van der Waals surface area (Å²) in [6, 6.07) is 7.40. The average molecular weight is 386 g/mol. The second-order valence-electron chi connectivity index (χ2n) is 6.18. The summed E-state index contributed by atoms with van der Waals surface area (Å²) in [5, 5.41) is 6.76. The van der Waals surface area contributed by atoms with Crippen molar-refractivity contribution in [1.82, 2.24) is 14.8 Å². The Kier molecular flexibility index (Phi) is 5.58. The largest absolute Gasteiger partial charge is 0.393 e. The molecule has 0 fully saturated rings. The number of hydrogen-bond donors (Lipinski definition) is 1. The molecular weight excluding hydrogens is 369 g/mol. The number of rotatable bonds is 5. The second-order valence-corrected chi connectivity index (χ2v) is 6.18. The Morgan fingerprint density at radius 3 is 2.57 bits per heavy atom. The minimum absolute atomic E-state index is 0.137. The Bertz CT molecular complexity index is 991. The van der Waals surface area contributed by atoms with Crippen LogP contribution in [-0.2, 0) is 18.3 Å². The number of carbonyl (C=O) groups excluding carboxylic acids is 1. The number of aromatic nitrogens is 3. The van der Waals surface area contributed by atoms with E-state index in [2.05, 4.69) is 15.4 Å². The molecule has 1 N–H and O–H groups in total. The molecule has 28 heavy (non-hydrogen) atoms. The first kappa shape index (κ1) is 19.3. The van der Waals surface area contributed by atoms with E-state index in [4.69, 9.17) is 0 Å². The number of hydrogen-bond acceptors (Lipinski definition) is 3. The van der Waals surface area contributed by atoms with Gasteiger partial charge < -0.3 is 5.32 Å². The van der Waals surface area contributed by atoms with Crippen LogP contribution in [0.4, 0.5) is 18.9 Å². The topological polar surface area (TPSA) is 59.8 Å². The summed E-state index contributed by atoms with van der Waals surface area (Å²) in [5.74, 6) is -0.399. The van der Waals surface area contributed by atoms with Crippen molar-refractivity contribution >= 4 is 17.7 Å². The van der Waals surface area contributed by atoms with Crippen molar-refractivity contribution in [2.75, 3.05) is 5.32 Å². The van der Waals surface area contributed by atoms with E-state index in [1.807, 2.05) is 19.3 Å². The molecule has 2 heterocycles. The highest BCUT2D eigenvalue weighted by molar-refractivity contribution is 6.02. The lowest BCUT2D eigenvalue weighted by molar-refractivity contribution is -0.127. The Balaban J connectivity index is 1.68. The van der Waals surface area contributed by atoms with Crippen molar-refractivity contribution in [2.45, 2.75) is 12.6 Å². The highest BCUT2D eigenvalue weighted by atomic mass is 19.4. The van der Waals surface area contributed by atoms with Gasteiger partial charge in [0.05, 0.1) is 12.6 Å². The third kappa shape index (κ3) is 5.29. The molecule has 144 valence electrons. The summed E-state index contributed by atoms with van der Waals surface area (Å²) in [6.45, 7) is 0. The molecule has 3 aromatic rings. The van der Waals surface area contributed by atoms with Crippen LogP contribution in [0.25, 0.3) is 17.2 Å². The van der Waals surface area contributed by atoms with Crippen LogP contribution >= 0.6 is 0 Å². The molecule has 8 heteroatoms. The lowest BCUT2D eigenvalue weighted by atomic mass is 10.0. The summed E-state index contributed by atoms with van der Waals surface area (Å²) in [4.78, 5) is 16.2. The first-order chi connectivity index (χ1) is 13.3. The smallest absolute Gasteiger partial charge is 0.323 e. The van der Waals surface area contributed by atoms with Gasteiger partial charge in [0, 0.05) is 48.5 Å². The Labute approximate surface area is 159 Å². The zero-order chi connectivity index (χ0) is 20.1. The van der Waals surface area contributed by atoms with E-state index in [9.17, 15) is 18.0 Å². The maximum Gasteiger partial charge on any atom is 0.393 e. The van der Waals surface area contributed by atoms with Gasteiger partial charge in [-0.3, -0.25) is 14.5 Å². The summed E-state index contributed by atoms with van der Waals surface area (Å²) < 4.78 is 38.8. The van der Waals surface area contributed by atoms with Crippen molar-refractivity contribution in [3.8, 4) is 11.1 Å². The average Bonchev–Trinajstić information content (AvgIpc) is 3.07. The number of aryl methyl sites for hydroxylation is 1. The van der Waals surface area contributed by atoms with E-state index < -0.39 is 18.5 Å². The first-order valence-electron chi connectivity index (χ1n) is 8.38. The Hall–Kier alpha value is -3.42. The molecule has 0 aliphatic heterocycles. The number of benzene rings is 1. The van der Waals surface area contributed by atoms with Crippen molar-refractivity contribution in [3.63, 3.8) is 0 Å². The molecule has 0 radical (unpaired) electrons. The van der Waals surface area contributed by atoms with E-state index in [0.717, 1.165) is 16.7 Å². The third-order valence-electron chi connectivity index (χ3n) is 3.91. The van der Waals surface area contributed by atoms with Gasteiger partial charge in [-0.05, 0) is 35.4 Å². The van der Waals surface area contributed by atoms with Crippen molar-refractivity contribution in [1.29, 1.82) is 0 Å². The Morgan fingerprint density at radius 2 is 1.93 bits per heavy atom. The van der Waals surface area contributed by atoms with Gasteiger partial charge in [0.25, 0.3) is 0 Å². The fourth-order valence-corrected chi connectivity index (χ4v) is 2.65. The highest BCUT2D eigenvalue weighted by Gasteiger charge is 2.27. The van der Waals surface area contributed by atoms with Crippen LogP contribution in [0.1, 0.15) is 11.1 Å². The normalized spacial score (nSPS) is 11.7. The summed E-state index contributed by atoms with van der Waals surface area (Å²) in [5.41, 5.74) is 3.07. The van der Waals surface area contributed by atoms with Gasteiger partial charge in [-0.1, -0.05) is 12.1 Å². The maximum atomic E-state index is 12.4. The number of nitrogens with one attached hydrogen (secondary N) is 1. The van der Waals surface area contributed by atoms with Gasteiger partial charge in [0.15, 0.2) is 0 Å². The highest BCUT2D eigenvalue weighted by Crippen LogP contribution is 2.24. The molecule has 0 aliphatic carbocycles. The van der Waals surface area contributed by atoms with Crippen LogP contribution in [0.2, 0.25) is 0 Å². The molecule has 0 saturated heterocycles. The molecule has 0 unspecified atom stereocenters. The SMILES string of the molecule is Cn1cc(-c2ccncc2/C=C/C(=O)Nc2ccc(CC(F)(F)F)cc2)cn1. The predicted octanol–water partition coefficient (Wildman–Crippen LogP) is 4.24. The van der Waals surface area contributed by atoms with Gasteiger partial charge in [-0.25, -0.2) is 0 Å².